The monoisotopic (exact) mass is 285 g/mol. The van der Waals surface area contributed by atoms with Gasteiger partial charge in [-0.05, 0) is 46.7 Å². The summed E-state index contributed by atoms with van der Waals surface area (Å²) in [5, 5.41) is 12.9. The predicted octanol–water partition coefficient (Wildman–Crippen LogP) is 3.26. The van der Waals surface area contributed by atoms with Crippen LogP contribution in [0.4, 0.5) is 0 Å². The van der Waals surface area contributed by atoms with Crippen LogP contribution in [0.15, 0.2) is 52.3 Å². The first-order valence-corrected chi connectivity index (χ1v) is 6.94. The molecule has 0 spiro atoms. The summed E-state index contributed by atoms with van der Waals surface area (Å²) in [5.41, 5.74) is 3.19. The molecule has 100 valence electrons. The number of benzene rings is 1. The van der Waals surface area contributed by atoms with E-state index < -0.39 is 5.97 Å². The Bertz CT molecular complexity index is 684. The van der Waals surface area contributed by atoms with E-state index in [0.29, 0.717) is 12.5 Å². The van der Waals surface area contributed by atoms with Crippen LogP contribution in [-0.2, 0) is 4.74 Å². The average molecular weight is 285 g/mol. The molecule has 0 fully saturated rings. The Balaban J connectivity index is 1.83. The fourth-order valence-corrected chi connectivity index (χ4v) is 2.56. The summed E-state index contributed by atoms with van der Waals surface area (Å²) in [4.78, 5) is 15.1. The normalized spacial score (nSPS) is 14.2. The molecule has 0 atom stereocenters. The molecule has 2 heterocycles. The second-order valence-electron chi connectivity index (χ2n) is 4.27. The van der Waals surface area contributed by atoms with Gasteiger partial charge in [0.25, 0.3) is 0 Å². The highest BCUT2D eigenvalue weighted by molar-refractivity contribution is 7.08. The summed E-state index contributed by atoms with van der Waals surface area (Å²) in [6, 6.07) is 8.52. The van der Waals surface area contributed by atoms with Gasteiger partial charge in [-0.2, -0.15) is 11.3 Å². The maximum absolute atomic E-state index is 10.8. The lowest BCUT2D eigenvalue weighted by Crippen LogP contribution is -2.12. The molecule has 0 amide bonds. The molecule has 5 heteroatoms. The number of nitrogens with zero attached hydrogens (tertiary/aromatic N) is 1. The molecule has 1 aromatic carbocycles. The second-order valence-corrected chi connectivity index (χ2v) is 5.05. The fraction of sp³-hybridized carbons (Fsp3) is 0.0667. The minimum Gasteiger partial charge on any atom is -0.478 e. The van der Waals surface area contributed by atoms with E-state index in [-0.39, 0.29) is 5.56 Å². The van der Waals surface area contributed by atoms with E-state index in [0.717, 1.165) is 16.7 Å². The number of aliphatic imine (C=N–C) groups is 1. The highest BCUT2D eigenvalue weighted by atomic mass is 32.1. The van der Waals surface area contributed by atoms with Crippen LogP contribution in [0.5, 0.6) is 0 Å². The zero-order chi connectivity index (χ0) is 13.9. The third kappa shape index (κ3) is 2.48. The van der Waals surface area contributed by atoms with Gasteiger partial charge in [0.1, 0.15) is 6.61 Å². The van der Waals surface area contributed by atoms with Crippen molar-refractivity contribution in [1.82, 2.24) is 0 Å². The van der Waals surface area contributed by atoms with Crippen molar-refractivity contribution in [2.24, 2.45) is 4.99 Å². The van der Waals surface area contributed by atoms with Crippen LogP contribution in [0, 0.1) is 0 Å². The number of carboxylic acids is 1. The summed E-state index contributed by atoms with van der Waals surface area (Å²) >= 11 is 1.63. The third-order valence-electron chi connectivity index (χ3n) is 2.97. The number of thiophene rings is 1. The minimum atomic E-state index is -0.942. The molecule has 0 bridgehead atoms. The van der Waals surface area contributed by atoms with E-state index in [9.17, 15) is 4.79 Å². The Morgan fingerprint density at radius 3 is 2.55 bits per heavy atom. The maximum atomic E-state index is 10.8. The fourth-order valence-electron chi connectivity index (χ4n) is 1.88. The molecule has 1 N–H and O–H groups in total. The summed E-state index contributed by atoms with van der Waals surface area (Å²) in [6.07, 6.45) is 1.80. The third-order valence-corrected chi connectivity index (χ3v) is 3.66. The van der Waals surface area contributed by atoms with Gasteiger partial charge in [-0.1, -0.05) is 0 Å². The zero-order valence-electron chi connectivity index (χ0n) is 10.4. The van der Waals surface area contributed by atoms with E-state index in [1.807, 2.05) is 11.4 Å². The first kappa shape index (κ1) is 12.6. The largest absolute Gasteiger partial charge is 0.478 e. The van der Waals surface area contributed by atoms with Crippen molar-refractivity contribution in [3.8, 4) is 0 Å². The highest BCUT2D eigenvalue weighted by Crippen LogP contribution is 2.22. The van der Waals surface area contributed by atoms with Crippen molar-refractivity contribution in [1.29, 1.82) is 0 Å². The Morgan fingerprint density at radius 2 is 2.00 bits per heavy atom. The lowest BCUT2D eigenvalue weighted by atomic mass is 10.1. The molecule has 0 radical (unpaired) electrons. The molecular weight excluding hydrogens is 274 g/mol. The molecule has 0 saturated carbocycles. The van der Waals surface area contributed by atoms with E-state index >= 15 is 0 Å². The van der Waals surface area contributed by atoms with E-state index in [2.05, 4.69) is 10.4 Å². The predicted molar refractivity (Wildman–Crippen MR) is 78.2 cm³/mol. The Labute approximate surface area is 119 Å². The number of hydrogen-bond acceptors (Lipinski definition) is 4. The van der Waals surface area contributed by atoms with Crippen LogP contribution in [0.3, 0.4) is 0 Å². The van der Waals surface area contributed by atoms with Gasteiger partial charge in [0, 0.05) is 17.3 Å². The first-order chi connectivity index (χ1) is 9.74. The quantitative estimate of drug-likeness (QED) is 0.941. The minimum absolute atomic E-state index is 0.250. The Morgan fingerprint density at radius 1 is 1.20 bits per heavy atom. The molecule has 4 nitrogen and oxygen atoms in total. The van der Waals surface area contributed by atoms with E-state index in [4.69, 9.17) is 9.84 Å². The second kappa shape index (κ2) is 5.30. The van der Waals surface area contributed by atoms with Gasteiger partial charge in [-0.15, -0.1) is 0 Å². The van der Waals surface area contributed by atoms with Gasteiger partial charge in [0.15, 0.2) is 0 Å². The van der Waals surface area contributed by atoms with Gasteiger partial charge in [0.05, 0.1) is 5.56 Å². The molecule has 3 rings (SSSR count). The molecule has 1 aliphatic rings. The number of carboxylic acid groups (broad SMARTS) is 1. The van der Waals surface area contributed by atoms with Gasteiger partial charge >= 0.3 is 5.97 Å². The molecule has 20 heavy (non-hydrogen) atoms. The number of carbonyl (C=O) groups is 1. The summed E-state index contributed by atoms with van der Waals surface area (Å²) in [6.45, 7) is 0.469. The molecule has 0 saturated heterocycles. The number of ether oxygens (including phenoxy) is 1. The van der Waals surface area contributed by atoms with Crippen molar-refractivity contribution in [3.63, 3.8) is 0 Å². The molecule has 2 aromatic rings. The Kier molecular flexibility index (Phi) is 3.35. The van der Waals surface area contributed by atoms with Crippen molar-refractivity contribution >= 4 is 28.8 Å². The van der Waals surface area contributed by atoms with Gasteiger partial charge in [-0.25, -0.2) is 9.79 Å². The maximum Gasteiger partial charge on any atom is 0.335 e. The lowest BCUT2D eigenvalue weighted by molar-refractivity contribution is 0.0697. The number of hydrogen-bond donors (Lipinski definition) is 1. The standard InChI is InChI=1S/C15H11NO3S/c17-15(18)11-3-1-10(2-4-11)14-16-7-13(8-19-14)12-5-6-20-9-12/h1-7,9H,8H2,(H,17,18). The number of rotatable bonds is 3. The van der Waals surface area contributed by atoms with Crippen molar-refractivity contribution < 1.29 is 14.6 Å². The summed E-state index contributed by atoms with van der Waals surface area (Å²) in [7, 11) is 0. The SMILES string of the molecule is O=C(O)c1ccc(C2=NC=C(c3ccsc3)CO2)cc1. The van der Waals surface area contributed by atoms with Crippen molar-refractivity contribution in [2.45, 2.75) is 0 Å². The molecule has 0 unspecified atom stereocenters. The molecule has 1 aliphatic heterocycles. The van der Waals surface area contributed by atoms with Gasteiger partial charge in [0.2, 0.25) is 5.90 Å². The average Bonchev–Trinajstić information content (AvgIpc) is 3.02. The molecular formula is C15H11NO3S. The molecule has 1 aromatic heterocycles. The van der Waals surface area contributed by atoms with Crippen LogP contribution < -0.4 is 0 Å². The molecule has 0 aliphatic carbocycles. The zero-order valence-corrected chi connectivity index (χ0v) is 11.3. The van der Waals surface area contributed by atoms with Crippen molar-refractivity contribution in [3.05, 3.63) is 64.0 Å². The van der Waals surface area contributed by atoms with Crippen LogP contribution in [-0.4, -0.2) is 23.6 Å². The number of aromatic carboxylic acids is 1. The van der Waals surface area contributed by atoms with Gasteiger partial charge in [-0.3, -0.25) is 0 Å². The van der Waals surface area contributed by atoms with Crippen LogP contribution in [0.25, 0.3) is 5.57 Å². The van der Waals surface area contributed by atoms with Crippen LogP contribution in [0.1, 0.15) is 21.5 Å². The van der Waals surface area contributed by atoms with E-state index in [1.54, 1.807) is 41.8 Å². The first-order valence-electron chi connectivity index (χ1n) is 6.00. The van der Waals surface area contributed by atoms with Crippen LogP contribution >= 0.6 is 11.3 Å². The summed E-state index contributed by atoms with van der Waals surface area (Å²) < 4.78 is 5.64. The highest BCUT2D eigenvalue weighted by Gasteiger charge is 2.13. The Hall–Kier alpha value is -2.40. The lowest BCUT2D eigenvalue weighted by Gasteiger charge is -2.15. The smallest absolute Gasteiger partial charge is 0.335 e. The van der Waals surface area contributed by atoms with Gasteiger partial charge < -0.3 is 9.84 Å². The topological polar surface area (TPSA) is 58.9 Å². The van der Waals surface area contributed by atoms with Crippen LogP contribution in [0.2, 0.25) is 0 Å². The summed E-state index contributed by atoms with van der Waals surface area (Å²) in [5.74, 6) is -0.427. The van der Waals surface area contributed by atoms with Crippen molar-refractivity contribution in [2.75, 3.05) is 6.61 Å². The van der Waals surface area contributed by atoms with E-state index in [1.165, 1.54) is 0 Å².